The molecule has 1 aliphatic rings. The molecule has 2 aromatic heterocycles. The fourth-order valence-electron chi connectivity index (χ4n) is 2.04. The van der Waals surface area contributed by atoms with E-state index in [9.17, 15) is 0 Å². The summed E-state index contributed by atoms with van der Waals surface area (Å²) < 4.78 is 12.9. The van der Waals surface area contributed by atoms with E-state index in [1.807, 2.05) is 6.92 Å². The highest BCUT2D eigenvalue weighted by atomic mass is 16.5. The summed E-state index contributed by atoms with van der Waals surface area (Å²) in [6.07, 6.45) is 6.50. The minimum absolute atomic E-state index is 0.158. The normalized spacial score (nSPS) is 16.5. The van der Waals surface area contributed by atoms with Crippen molar-refractivity contribution in [2.45, 2.75) is 25.9 Å². The third-order valence-corrected chi connectivity index (χ3v) is 3.09. The maximum atomic E-state index is 5.93. The van der Waals surface area contributed by atoms with Crippen molar-refractivity contribution < 1.29 is 9.47 Å². The third kappa shape index (κ3) is 2.55. The minimum atomic E-state index is 0.158. The predicted molar refractivity (Wildman–Crippen MR) is 66.2 cm³/mol. The molecule has 19 heavy (non-hydrogen) atoms. The summed E-state index contributed by atoms with van der Waals surface area (Å²) in [6, 6.07) is 0. The van der Waals surface area contributed by atoms with Crippen LogP contribution in [0.4, 0.5) is 0 Å². The quantitative estimate of drug-likeness (QED) is 0.818. The molecule has 7 heteroatoms. The molecule has 100 valence electrons. The number of hydrogen-bond donors (Lipinski definition) is 0. The van der Waals surface area contributed by atoms with Crippen molar-refractivity contribution >= 4 is 0 Å². The Labute approximate surface area is 110 Å². The van der Waals surface area contributed by atoms with Gasteiger partial charge in [0.25, 0.3) is 0 Å². The maximum Gasteiger partial charge on any atom is 0.221 e. The van der Waals surface area contributed by atoms with Crippen LogP contribution in [-0.2, 0) is 4.74 Å². The molecule has 3 rings (SSSR count). The zero-order valence-corrected chi connectivity index (χ0v) is 10.7. The van der Waals surface area contributed by atoms with Gasteiger partial charge in [-0.3, -0.25) is 0 Å². The smallest absolute Gasteiger partial charge is 0.221 e. The van der Waals surface area contributed by atoms with Crippen LogP contribution in [0.3, 0.4) is 0 Å². The lowest BCUT2D eigenvalue weighted by molar-refractivity contribution is 0.0233. The Morgan fingerprint density at radius 3 is 2.84 bits per heavy atom. The highest BCUT2D eigenvalue weighted by Gasteiger charge is 2.18. The first kappa shape index (κ1) is 12.0. The molecule has 0 amide bonds. The first-order valence-electron chi connectivity index (χ1n) is 6.25. The molecule has 2 aromatic rings. The number of hydrogen-bond acceptors (Lipinski definition) is 6. The Morgan fingerprint density at radius 2 is 2.11 bits per heavy atom. The Morgan fingerprint density at radius 1 is 1.26 bits per heavy atom. The molecule has 1 aliphatic heterocycles. The zero-order valence-electron chi connectivity index (χ0n) is 10.7. The van der Waals surface area contributed by atoms with Crippen molar-refractivity contribution in [1.29, 1.82) is 0 Å². The van der Waals surface area contributed by atoms with Crippen molar-refractivity contribution in [3.8, 4) is 11.7 Å². The van der Waals surface area contributed by atoms with Crippen LogP contribution in [0.5, 0.6) is 5.88 Å². The SMILES string of the molecule is Cc1c(OC2CCOCC2)ncnc1-n1cncn1. The summed E-state index contributed by atoms with van der Waals surface area (Å²) in [7, 11) is 0. The van der Waals surface area contributed by atoms with E-state index in [-0.39, 0.29) is 6.10 Å². The largest absolute Gasteiger partial charge is 0.474 e. The van der Waals surface area contributed by atoms with E-state index >= 15 is 0 Å². The molecular weight excluding hydrogens is 246 g/mol. The molecular formula is C12H15N5O2. The van der Waals surface area contributed by atoms with Crippen LogP contribution in [0.1, 0.15) is 18.4 Å². The lowest BCUT2D eigenvalue weighted by Crippen LogP contribution is -2.26. The molecule has 3 heterocycles. The van der Waals surface area contributed by atoms with Gasteiger partial charge in [0.1, 0.15) is 25.1 Å². The standard InChI is InChI=1S/C12H15N5O2/c1-9-11(17-8-13-6-16-17)14-7-15-12(9)19-10-2-4-18-5-3-10/h6-8,10H,2-5H2,1H3. The second-order valence-corrected chi connectivity index (χ2v) is 4.40. The monoisotopic (exact) mass is 261 g/mol. The number of ether oxygens (including phenoxy) is 2. The van der Waals surface area contributed by atoms with E-state index in [1.54, 1.807) is 11.0 Å². The molecule has 0 unspecified atom stereocenters. The van der Waals surface area contributed by atoms with Crippen molar-refractivity contribution in [2.75, 3.05) is 13.2 Å². The van der Waals surface area contributed by atoms with Crippen LogP contribution < -0.4 is 4.74 Å². The van der Waals surface area contributed by atoms with Crippen molar-refractivity contribution in [3.63, 3.8) is 0 Å². The van der Waals surface area contributed by atoms with Crippen LogP contribution >= 0.6 is 0 Å². The number of aromatic nitrogens is 5. The van der Waals surface area contributed by atoms with Gasteiger partial charge in [0, 0.05) is 12.8 Å². The summed E-state index contributed by atoms with van der Waals surface area (Å²) in [5.41, 5.74) is 0.861. The molecule has 0 saturated carbocycles. The number of rotatable bonds is 3. The summed E-state index contributed by atoms with van der Waals surface area (Å²) >= 11 is 0. The molecule has 7 nitrogen and oxygen atoms in total. The van der Waals surface area contributed by atoms with E-state index in [1.165, 1.54) is 12.7 Å². The summed E-state index contributed by atoms with van der Waals surface area (Å²) in [4.78, 5) is 12.3. The third-order valence-electron chi connectivity index (χ3n) is 3.09. The molecule has 0 atom stereocenters. The fraction of sp³-hybridized carbons (Fsp3) is 0.500. The van der Waals surface area contributed by atoms with Gasteiger partial charge in [0.2, 0.25) is 5.88 Å². The van der Waals surface area contributed by atoms with E-state index in [2.05, 4.69) is 20.1 Å². The first-order valence-corrected chi connectivity index (χ1v) is 6.25. The van der Waals surface area contributed by atoms with Gasteiger partial charge in [-0.05, 0) is 6.92 Å². The van der Waals surface area contributed by atoms with E-state index in [4.69, 9.17) is 9.47 Å². The molecule has 0 aliphatic carbocycles. The van der Waals surface area contributed by atoms with Crippen LogP contribution in [-0.4, -0.2) is 44.1 Å². The average Bonchev–Trinajstić information content (AvgIpc) is 2.96. The topological polar surface area (TPSA) is 75.0 Å². The van der Waals surface area contributed by atoms with Crippen LogP contribution in [0.25, 0.3) is 5.82 Å². The first-order chi connectivity index (χ1) is 9.34. The van der Waals surface area contributed by atoms with Gasteiger partial charge < -0.3 is 9.47 Å². The van der Waals surface area contributed by atoms with Crippen molar-refractivity contribution in [1.82, 2.24) is 24.7 Å². The summed E-state index contributed by atoms with van der Waals surface area (Å²) in [6.45, 7) is 3.40. The van der Waals surface area contributed by atoms with Crippen LogP contribution in [0.15, 0.2) is 19.0 Å². The van der Waals surface area contributed by atoms with Crippen LogP contribution in [0, 0.1) is 6.92 Å². The van der Waals surface area contributed by atoms with Crippen LogP contribution in [0.2, 0.25) is 0 Å². The van der Waals surface area contributed by atoms with E-state index in [0.29, 0.717) is 11.7 Å². The molecule has 1 fully saturated rings. The molecule has 0 bridgehead atoms. The summed E-state index contributed by atoms with van der Waals surface area (Å²) in [5.74, 6) is 1.29. The maximum absolute atomic E-state index is 5.93. The summed E-state index contributed by atoms with van der Waals surface area (Å²) in [5, 5.41) is 4.07. The molecule has 1 saturated heterocycles. The van der Waals surface area contributed by atoms with Gasteiger partial charge in [-0.15, -0.1) is 0 Å². The fourth-order valence-corrected chi connectivity index (χ4v) is 2.04. The van der Waals surface area contributed by atoms with Gasteiger partial charge in [0.15, 0.2) is 5.82 Å². The average molecular weight is 261 g/mol. The molecule has 0 radical (unpaired) electrons. The predicted octanol–water partition coefficient (Wildman–Crippen LogP) is 0.924. The Kier molecular flexibility index (Phi) is 3.37. The van der Waals surface area contributed by atoms with Crippen molar-refractivity contribution in [3.05, 3.63) is 24.5 Å². The highest BCUT2D eigenvalue weighted by Crippen LogP contribution is 2.22. The molecule has 0 aromatic carbocycles. The second kappa shape index (κ2) is 5.31. The van der Waals surface area contributed by atoms with E-state index in [0.717, 1.165) is 31.6 Å². The lowest BCUT2D eigenvalue weighted by atomic mass is 10.1. The second-order valence-electron chi connectivity index (χ2n) is 4.40. The van der Waals surface area contributed by atoms with E-state index < -0.39 is 0 Å². The Balaban J connectivity index is 1.84. The Hall–Kier alpha value is -2.02. The highest BCUT2D eigenvalue weighted by molar-refractivity contribution is 5.37. The van der Waals surface area contributed by atoms with Crippen molar-refractivity contribution in [2.24, 2.45) is 0 Å². The molecule has 0 spiro atoms. The minimum Gasteiger partial charge on any atom is -0.474 e. The van der Waals surface area contributed by atoms with Gasteiger partial charge >= 0.3 is 0 Å². The lowest BCUT2D eigenvalue weighted by Gasteiger charge is -2.23. The van der Waals surface area contributed by atoms with Gasteiger partial charge in [-0.1, -0.05) is 0 Å². The number of nitrogens with zero attached hydrogens (tertiary/aromatic N) is 5. The molecule has 0 N–H and O–H groups in total. The zero-order chi connectivity index (χ0) is 13.1. The van der Waals surface area contributed by atoms with Gasteiger partial charge in [0.05, 0.1) is 18.8 Å². The van der Waals surface area contributed by atoms with Gasteiger partial charge in [-0.2, -0.15) is 5.10 Å². The van der Waals surface area contributed by atoms with Gasteiger partial charge in [-0.25, -0.2) is 19.6 Å². The Bertz CT molecular complexity index is 537.